The molecule has 2 aromatic carbocycles. The topological polar surface area (TPSA) is 124 Å². The van der Waals surface area contributed by atoms with E-state index in [-0.39, 0.29) is 29.5 Å². The van der Waals surface area contributed by atoms with Crippen LogP contribution >= 0.6 is 11.6 Å². The van der Waals surface area contributed by atoms with Gasteiger partial charge in [-0.25, -0.2) is 28.2 Å². The molecule has 1 aliphatic heterocycles. The number of piperidine rings is 1. The normalized spacial score (nSPS) is 15.6. The highest BCUT2D eigenvalue weighted by Crippen LogP contribution is 2.40. The van der Waals surface area contributed by atoms with Crippen LogP contribution in [0.25, 0.3) is 22.0 Å². The third-order valence-electron chi connectivity index (χ3n) is 7.25. The number of hydrogen-bond acceptors (Lipinski definition) is 9. The summed E-state index contributed by atoms with van der Waals surface area (Å²) < 4.78 is 37.2. The molecule has 0 radical (unpaired) electrons. The molecule has 4 aromatic rings. The molecule has 1 atom stereocenters. The molecule has 10 nitrogen and oxygen atoms in total. The van der Waals surface area contributed by atoms with Gasteiger partial charge in [-0.05, 0) is 75.2 Å². The number of carbonyl (C=O) groups excluding carboxylic acids is 1. The van der Waals surface area contributed by atoms with Crippen molar-refractivity contribution in [2.75, 3.05) is 24.2 Å². The molecule has 1 N–H and O–H groups in total. The minimum absolute atomic E-state index is 0.0454. The van der Waals surface area contributed by atoms with E-state index in [1.54, 1.807) is 41.6 Å². The number of pyridine rings is 1. The van der Waals surface area contributed by atoms with Crippen molar-refractivity contribution in [3.05, 3.63) is 71.5 Å². The number of carbonyl (C=O) groups is 1. The molecule has 0 spiro atoms. The Balaban J connectivity index is 1.39. The molecule has 1 saturated heterocycles. The molecule has 2 aromatic heterocycles. The maximum atomic E-state index is 12.6. The zero-order chi connectivity index (χ0) is 32.2. The third-order valence-corrected chi connectivity index (χ3v) is 9.33. The van der Waals surface area contributed by atoms with Gasteiger partial charge in [-0.15, -0.1) is 0 Å². The number of ether oxygens (including phenoxy) is 2. The van der Waals surface area contributed by atoms with Gasteiger partial charge >= 0.3 is 6.09 Å². The first-order valence-electron chi connectivity index (χ1n) is 15.0. The first-order valence-corrected chi connectivity index (χ1v) is 17.2. The Morgan fingerprint density at radius 3 is 2.67 bits per heavy atom. The molecule has 0 saturated carbocycles. The van der Waals surface area contributed by atoms with Gasteiger partial charge in [0.05, 0.1) is 27.8 Å². The van der Waals surface area contributed by atoms with Gasteiger partial charge in [0.2, 0.25) is 11.8 Å². The van der Waals surface area contributed by atoms with Gasteiger partial charge in [-0.3, -0.25) is 0 Å². The fourth-order valence-electron chi connectivity index (χ4n) is 5.33. The average molecular weight is 652 g/mol. The van der Waals surface area contributed by atoms with E-state index >= 15 is 0 Å². The van der Waals surface area contributed by atoms with Gasteiger partial charge in [0.25, 0.3) is 0 Å². The van der Waals surface area contributed by atoms with E-state index in [1.165, 1.54) is 0 Å². The van der Waals surface area contributed by atoms with E-state index in [9.17, 15) is 13.2 Å². The van der Waals surface area contributed by atoms with Gasteiger partial charge in [-0.2, -0.15) is 0 Å². The molecule has 45 heavy (non-hydrogen) atoms. The zero-order valence-electron chi connectivity index (χ0n) is 25.9. The van der Waals surface area contributed by atoms with Crippen molar-refractivity contribution < 1.29 is 22.7 Å². The summed E-state index contributed by atoms with van der Waals surface area (Å²) in [5, 5.41) is 5.16. The first kappa shape index (κ1) is 32.4. The van der Waals surface area contributed by atoms with Gasteiger partial charge in [-0.1, -0.05) is 42.8 Å². The molecular formula is C33H38ClN5O5S. The number of nitrogens with one attached hydrogen (secondary N) is 1. The summed E-state index contributed by atoms with van der Waals surface area (Å²) in [5.41, 5.74) is 1.32. The van der Waals surface area contributed by atoms with E-state index in [0.29, 0.717) is 58.4 Å². The van der Waals surface area contributed by atoms with Crippen LogP contribution in [0.3, 0.4) is 0 Å². The second kappa shape index (κ2) is 13.6. The maximum absolute atomic E-state index is 12.6. The lowest BCUT2D eigenvalue weighted by Crippen LogP contribution is -2.47. The Morgan fingerprint density at radius 2 is 1.89 bits per heavy atom. The average Bonchev–Trinajstić information content (AvgIpc) is 2.98. The minimum Gasteiger partial charge on any atom is -0.444 e. The van der Waals surface area contributed by atoms with Crippen LogP contribution in [-0.2, 0) is 20.3 Å². The van der Waals surface area contributed by atoms with Crippen molar-refractivity contribution in [2.24, 2.45) is 0 Å². The predicted octanol–water partition coefficient (Wildman–Crippen LogP) is 7.27. The molecule has 1 aliphatic rings. The van der Waals surface area contributed by atoms with E-state index in [2.05, 4.69) is 15.3 Å². The highest BCUT2D eigenvalue weighted by atomic mass is 35.5. The number of anilines is 1. The van der Waals surface area contributed by atoms with Crippen LogP contribution in [0.15, 0.2) is 60.9 Å². The number of fused-ring (bicyclic) bond motifs is 1. The lowest BCUT2D eigenvalue weighted by Gasteiger charge is -2.34. The predicted molar refractivity (Wildman–Crippen MR) is 177 cm³/mol. The lowest BCUT2D eigenvalue weighted by molar-refractivity contribution is 0.0206. The lowest BCUT2D eigenvalue weighted by atomic mass is 10.0. The summed E-state index contributed by atoms with van der Waals surface area (Å²) in [6.07, 6.45) is 5.19. The summed E-state index contributed by atoms with van der Waals surface area (Å²) in [4.78, 5) is 28.0. The van der Waals surface area contributed by atoms with Crippen LogP contribution in [0.2, 0.25) is 5.02 Å². The summed E-state index contributed by atoms with van der Waals surface area (Å²) in [7, 11) is -3.26. The number of likely N-dealkylation sites (tertiary alicyclic amines) is 1. The Hall–Kier alpha value is -3.96. The Morgan fingerprint density at radius 1 is 1.07 bits per heavy atom. The highest BCUT2D eigenvalue weighted by Gasteiger charge is 2.28. The van der Waals surface area contributed by atoms with Crippen LogP contribution in [0.5, 0.6) is 11.6 Å². The molecule has 1 fully saturated rings. The first-order chi connectivity index (χ1) is 21.4. The highest BCUT2D eigenvalue weighted by molar-refractivity contribution is 7.90. The van der Waals surface area contributed by atoms with Crippen molar-refractivity contribution in [1.29, 1.82) is 0 Å². The van der Waals surface area contributed by atoms with Crippen LogP contribution in [-0.4, -0.2) is 64.8 Å². The molecule has 0 unspecified atom stereocenters. The summed E-state index contributed by atoms with van der Waals surface area (Å²) in [5.74, 6) is 1.13. The molecule has 1 amide bonds. The van der Waals surface area contributed by atoms with Crippen LogP contribution in [0.1, 0.15) is 52.5 Å². The van der Waals surface area contributed by atoms with Crippen molar-refractivity contribution in [3.63, 3.8) is 0 Å². The van der Waals surface area contributed by atoms with Crippen molar-refractivity contribution in [3.8, 4) is 22.9 Å². The van der Waals surface area contributed by atoms with E-state index in [0.717, 1.165) is 18.2 Å². The SMILES string of the molecule is CCCS(=O)(=O)Cc1cccc2c(Oc3ncccc3-c3ccnc(N[C@H]4CCCN(C(=O)OC(C)(C)C)C4)n3)c(Cl)ccc12. The Kier molecular flexibility index (Phi) is 9.79. The van der Waals surface area contributed by atoms with E-state index in [4.69, 9.17) is 26.1 Å². The molecular weight excluding hydrogens is 614 g/mol. The molecule has 0 aliphatic carbocycles. The Bertz CT molecular complexity index is 1790. The number of halogens is 1. The summed E-state index contributed by atoms with van der Waals surface area (Å²) in [6.45, 7) is 8.53. The quantitative estimate of drug-likeness (QED) is 0.199. The van der Waals surface area contributed by atoms with Gasteiger partial charge in [0, 0.05) is 36.9 Å². The van der Waals surface area contributed by atoms with Crippen LogP contribution in [0, 0.1) is 0 Å². The number of rotatable bonds is 9. The summed E-state index contributed by atoms with van der Waals surface area (Å²) in [6, 6.07) is 14.4. The van der Waals surface area contributed by atoms with Crippen molar-refractivity contribution in [1.82, 2.24) is 19.9 Å². The van der Waals surface area contributed by atoms with Gasteiger partial charge < -0.3 is 19.7 Å². The number of hydrogen-bond donors (Lipinski definition) is 1. The molecule has 0 bridgehead atoms. The number of sulfone groups is 1. The fraction of sp³-hybridized carbons (Fsp3) is 0.394. The second-order valence-corrected chi connectivity index (χ2v) is 14.7. The smallest absolute Gasteiger partial charge is 0.410 e. The Labute approximate surface area is 269 Å². The molecule has 5 rings (SSSR count). The van der Waals surface area contributed by atoms with Crippen molar-refractivity contribution in [2.45, 2.75) is 64.4 Å². The maximum Gasteiger partial charge on any atom is 0.410 e. The number of nitrogens with zero attached hydrogens (tertiary/aromatic N) is 4. The second-order valence-electron chi connectivity index (χ2n) is 12.1. The van der Waals surface area contributed by atoms with Gasteiger partial charge in [0.1, 0.15) is 5.60 Å². The largest absolute Gasteiger partial charge is 0.444 e. The van der Waals surface area contributed by atoms with Gasteiger partial charge in [0.15, 0.2) is 15.6 Å². The number of benzene rings is 2. The zero-order valence-corrected chi connectivity index (χ0v) is 27.5. The molecule has 12 heteroatoms. The fourth-order valence-corrected chi connectivity index (χ4v) is 7.03. The van der Waals surface area contributed by atoms with Crippen LogP contribution < -0.4 is 10.1 Å². The van der Waals surface area contributed by atoms with E-state index < -0.39 is 15.4 Å². The number of aromatic nitrogens is 3. The monoisotopic (exact) mass is 651 g/mol. The minimum atomic E-state index is -3.26. The standard InChI is InChI=1S/C33H38ClN5O5S/c1-5-19-45(41,42)21-22-9-6-11-25-24(22)13-14-27(34)29(25)43-30-26(12-7-16-35-30)28-15-17-36-31(38-28)37-23-10-8-18-39(20-23)32(40)44-33(2,3)4/h6-7,9,11-17,23H,5,8,10,18-21H2,1-4H3,(H,36,37,38)/t23-/m0/s1. The third kappa shape index (κ3) is 8.20. The number of amides is 1. The molecule has 3 heterocycles. The van der Waals surface area contributed by atoms with E-state index in [1.807, 2.05) is 52.0 Å². The van der Waals surface area contributed by atoms with Crippen molar-refractivity contribution >= 4 is 44.3 Å². The molecule has 238 valence electrons. The van der Waals surface area contributed by atoms with Crippen LogP contribution in [0.4, 0.5) is 10.7 Å². The summed E-state index contributed by atoms with van der Waals surface area (Å²) >= 11 is 6.65.